The minimum Gasteiger partial charge on any atom is -0.0988 e. The molecule has 0 nitrogen and oxygen atoms in total. The SMILES string of the molecule is C=C1C(C)(C)C2CC[C@]1(C)C2. The van der Waals surface area contributed by atoms with E-state index >= 15 is 0 Å². The van der Waals surface area contributed by atoms with E-state index in [0.717, 1.165) is 5.92 Å². The first-order chi connectivity index (χ1) is 4.97. The molecule has 0 amide bonds. The first-order valence-electron chi connectivity index (χ1n) is 4.67. The van der Waals surface area contributed by atoms with Crippen molar-refractivity contribution in [3.8, 4) is 0 Å². The summed E-state index contributed by atoms with van der Waals surface area (Å²) in [6.07, 6.45) is 4.22. The molecule has 0 aromatic heterocycles. The van der Waals surface area contributed by atoms with Crippen LogP contribution in [-0.4, -0.2) is 0 Å². The smallest absolute Gasteiger partial charge is 0.0111 e. The van der Waals surface area contributed by atoms with Crippen molar-refractivity contribution in [2.75, 3.05) is 0 Å². The third kappa shape index (κ3) is 0.706. The molecule has 0 aromatic carbocycles. The molecule has 2 bridgehead atoms. The fourth-order valence-corrected chi connectivity index (χ4v) is 3.16. The van der Waals surface area contributed by atoms with Crippen LogP contribution in [0.15, 0.2) is 12.2 Å². The lowest BCUT2D eigenvalue weighted by Gasteiger charge is -2.36. The van der Waals surface area contributed by atoms with Gasteiger partial charge in [-0.15, -0.1) is 0 Å². The predicted octanol–water partition coefficient (Wildman–Crippen LogP) is 3.39. The van der Waals surface area contributed by atoms with Gasteiger partial charge in [-0.05, 0) is 36.0 Å². The Bertz CT molecular complexity index is 205. The molecule has 0 radical (unpaired) electrons. The van der Waals surface area contributed by atoms with Crippen molar-refractivity contribution in [1.82, 2.24) is 0 Å². The Morgan fingerprint density at radius 2 is 2.00 bits per heavy atom. The Balaban J connectivity index is 2.42. The van der Waals surface area contributed by atoms with E-state index < -0.39 is 0 Å². The van der Waals surface area contributed by atoms with Crippen LogP contribution in [0.3, 0.4) is 0 Å². The first kappa shape index (κ1) is 7.39. The molecule has 2 aliphatic carbocycles. The van der Waals surface area contributed by atoms with E-state index in [1.54, 1.807) is 0 Å². The zero-order chi connectivity index (χ0) is 8.28. The Morgan fingerprint density at radius 1 is 1.36 bits per heavy atom. The van der Waals surface area contributed by atoms with Gasteiger partial charge in [-0.3, -0.25) is 0 Å². The summed E-state index contributed by atoms with van der Waals surface area (Å²) in [6.45, 7) is 11.4. The van der Waals surface area contributed by atoms with Crippen molar-refractivity contribution >= 4 is 0 Å². The highest BCUT2D eigenvalue weighted by molar-refractivity contribution is 5.28. The maximum atomic E-state index is 4.26. The predicted molar refractivity (Wildman–Crippen MR) is 48.4 cm³/mol. The second-order valence-electron chi connectivity index (χ2n) is 5.20. The number of hydrogen-bond donors (Lipinski definition) is 0. The second-order valence-corrected chi connectivity index (χ2v) is 5.20. The average Bonchev–Trinajstić information content (AvgIpc) is 2.36. The van der Waals surface area contributed by atoms with E-state index in [1.165, 1.54) is 24.8 Å². The summed E-state index contributed by atoms with van der Waals surface area (Å²) in [6, 6.07) is 0. The summed E-state index contributed by atoms with van der Waals surface area (Å²) in [5.41, 5.74) is 2.46. The first-order valence-corrected chi connectivity index (χ1v) is 4.67. The van der Waals surface area contributed by atoms with Crippen molar-refractivity contribution < 1.29 is 0 Å². The monoisotopic (exact) mass is 150 g/mol. The van der Waals surface area contributed by atoms with Crippen LogP contribution in [0.5, 0.6) is 0 Å². The van der Waals surface area contributed by atoms with Gasteiger partial charge in [0.25, 0.3) is 0 Å². The highest BCUT2D eigenvalue weighted by Crippen LogP contribution is 2.64. The van der Waals surface area contributed by atoms with Gasteiger partial charge in [-0.2, -0.15) is 0 Å². The van der Waals surface area contributed by atoms with Gasteiger partial charge < -0.3 is 0 Å². The third-order valence-corrected chi connectivity index (χ3v) is 4.27. The van der Waals surface area contributed by atoms with Gasteiger partial charge in [-0.1, -0.05) is 32.9 Å². The zero-order valence-corrected chi connectivity index (χ0v) is 7.91. The van der Waals surface area contributed by atoms with Gasteiger partial charge in [0.15, 0.2) is 0 Å². The fraction of sp³-hybridized carbons (Fsp3) is 0.818. The Hall–Kier alpha value is -0.260. The van der Waals surface area contributed by atoms with Crippen LogP contribution < -0.4 is 0 Å². The van der Waals surface area contributed by atoms with E-state index in [2.05, 4.69) is 27.4 Å². The van der Waals surface area contributed by atoms with Gasteiger partial charge in [-0.25, -0.2) is 0 Å². The summed E-state index contributed by atoms with van der Waals surface area (Å²) in [7, 11) is 0. The van der Waals surface area contributed by atoms with Crippen LogP contribution in [0.4, 0.5) is 0 Å². The molecule has 0 saturated heterocycles. The molecule has 0 aromatic rings. The molecule has 0 aliphatic heterocycles. The Labute approximate surface area is 69.7 Å². The molecular formula is C11H18. The quantitative estimate of drug-likeness (QED) is 0.464. The molecule has 2 fully saturated rings. The summed E-state index contributed by atoms with van der Waals surface area (Å²) >= 11 is 0. The van der Waals surface area contributed by atoms with Crippen molar-refractivity contribution in [3.05, 3.63) is 12.2 Å². The largest absolute Gasteiger partial charge is 0.0988 e. The zero-order valence-electron chi connectivity index (χ0n) is 7.91. The van der Waals surface area contributed by atoms with Crippen LogP contribution in [-0.2, 0) is 0 Å². The number of fused-ring (bicyclic) bond motifs is 2. The molecular weight excluding hydrogens is 132 g/mol. The standard InChI is InChI=1S/C11H18/c1-8-10(2,3)9-5-6-11(8,4)7-9/h9H,1,5-7H2,2-4H3/t9?,11-/m1/s1. The maximum Gasteiger partial charge on any atom is -0.0111 e. The van der Waals surface area contributed by atoms with Crippen LogP contribution in [0, 0.1) is 16.7 Å². The maximum absolute atomic E-state index is 4.26. The van der Waals surface area contributed by atoms with Crippen molar-refractivity contribution in [1.29, 1.82) is 0 Å². The molecule has 1 unspecified atom stereocenters. The van der Waals surface area contributed by atoms with E-state index in [0.29, 0.717) is 10.8 Å². The van der Waals surface area contributed by atoms with Crippen molar-refractivity contribution in [2.45, 2.75) is 40.0 Å². The van der Waals surface area contributed by atoms with E-state index in [9.17, 15) is 0 Å². The second kappa shape index (κ2) is 1.73. The lowest BCUT2D eigenvalue weighted by molar-refractivity contribution is 0.275. The Morgan fingerprint density at radius 3 is 2.27 bits per heavy atom. The highest BCUT2D eigenvalue weighted by atomic mass is 14.6. The van der Waals surface area contributed by atoms with Gasteiger partial charge in [0.2, 0.25) is 0 Å². The van der Waals surface area contributed by atoms with Gasteiger partial charge in [0, 0.05) is 0 Å². The van der Waals surface area contributed by atoms with Crippen molar-refractivity contribution in [3.63, 3.8) is 0 Å². The molecule has 0 spiro atoms. The normalized spacial score (nSPS) is 46.8. The molecule has 2 aliphatic rings. The van der Waals surface area contributed by atoms with Crippen LogP contribution >= 0.6 is 0 Å². The van der Waals surface area contributed by atoms with Crippen molar-refractivity contribution in [2.24, 2.45) is 16.7 Å². The summed E-state index contributed by atoms with van der Waals surface area (Å²) in [5, 5.41) is 0. The molecule has 2 rings (SSSR count). The molecule has 0 heterocycles. The minimum absolute atomic E-state index is 0.438. The van der Waals surface area contributed by atoms with Gasteiger partial charge in [0.1, 0.15) is 0 Å². The number of allylic oxidation sites excluding steroid dienone is 1. The highest BCUT2D eigenvalue weighted by Gasteiger charge is 2.54. The van der Waals surface area contributed by atoms with E-state index in [-0.39, 0.29) is 0 Å². The van der Waals surface area contributed by atoms with Gasteiger partial charge >= 0.3 is 0 Å². The molecule has 2 atom stereocenters. The van der Waals surface area contributed by atoms with Crippen LogP contribution in [0.1, 0.15) is 40.0 Å². The lowest BCUT2D eigenvalue weighted by Crippen LogP contribution is -2.25. The van der Waals surface area contributed by atoms with Crippen LogP contribution in [0.2, 0.25) is 0 Å². The van der Waals surface area contributed by atoms with E-state index in [1.807, 2.05) is 0 Å². The summed E-state index contributed by atoms with van der Waals surface area (Å²) in [4.78, 5) is 0. The molecule has 0 N–H and O–H groups in total. The topological polar surface area (TPSA) is 0 Å². The molecule has 62 valence electrons. The van der Waals surface area contributed by atoms with E-state index in [4.69, 9.17) is 0 Å². The van der Waals surface area contributed by atoms with Crippen LogP contribution in [0.25, 0.3) is 0 Å². The Kier molecular flexibility index (Phi) is 1.16. The minimum atomic E-state index is 0.438. The molecule has 11 heavy (non-hydrogen) atoms. The molecule has 0 heteroatoms. The fourth-order valence-electron chi connectivity index (χ4n) is 3.16. The summed E-state index contributed by atoms with van der Waals surface area (Å²) in [5.74, 6) is 0.931. The number of rotatable bonds is 0. The lowest BCUT2D eigenvalue weighted by atomic mass is 9.69. The third-order valence-electron chi connectivity index (χ3n) is 4.27. The van der Waals surface area contributed by atoms with Gasteiger partial charge in [0.05, 0.1) is 0 Å². The average molecular weight is 150 g/mol. The number of hydrogen-bond acceptors (Lipinski definition) is 0. The molecule has 2 saturated carbocycles. The summed E-state index contributed by atoms with van der Waals surface area (Å²) < 4.78 is 0.